The van der Waals surface area contributed by atoms with Gasteiger partial charge in [-0.25, -0.2) is 8.42 Å². The normalized spacial score (nSPS) is 11.0. The highest BCUT2D eigenvalue weighted by Crippen LogP contribution is 2.29. The Morgan fingerprint density at radius 1 is 1.20 bits per heavy atom. The van der Waals surface area contributed by atoms with Gasteiger partial charge in [-0.05, 0) is 30.3 Å². The van der Waals surface area contributed by atoms with Crippen molar-refractivity contribution in [3.63, 3.8) is 0 Å². The summed E-state index contributed by atoms with van der Waals surface area (Å²) in [6.45, 7) is -0.446. The number of benzene rings is 2. The average Bonchev–Trinajstić information content (AvgIpc) is 2.53. The van der Waals surface area contributed by atoms with E-state index in [0.717, 1.165) is 10.6 Å². The molecule has 0 unspecified atom stereocenters. The van der Waals surface area contributed by atoms with E-state index < -0.39 is 22.5 Å². The van der Waals surface area contributed by atoms with Gasteiger partial charge in [0, 0.05) is 5.02 Å². The lowest BCUT2D eigenvalue weighted by Crippen LogP contribution is -2.37. The number of halogens is 2. The van der Waals surface area contributed by atoms with Crippen LogP contribution in [0.3, 0.4) is 0 Å². The van der Waals surface area contributed by atoms with E-state index in [1.807, 2.05) is 0 Å². The van der Waals surface area contributed by atoms with E-state index in [-0.39, 0.29) is 10.7 Å². The summed E-state index contributed by atoms with van der Waals surface area (Å²) in [7, 11) is -2.27. The second-order valence-electron chi connectivity index (χ2n) is 5.11. The molecule has 6 nitrogen and oxygen atoms in total. The molecule has 0 aliphatic heterocycles. The Morgan fingerprint density at radius 2 is 1.88 bits per heavy atom. The molecule has 0 spiro atoms. The largest absolute Gasteiger partial charge is 0.495 e. The van der Waals surface area contributed by atoms with Gasteiger partial charge in [-0.15, -0.1) is 0 Å². The predicted molar refractivity (Wildman–Crippen MR) is 100 cm³/mol. The van der Waals surface area contributed by atoms with Gasteiger partial charge in [-0.2, -0.15) is 0 Å². The Kier molecular flexibility index (Phi) is 6.16. The molecule has 0 aliphatic carbocycles. The summed E-state index contributed by atoms with van der Waals surface area (Å²) in [5.41, 5.74) is 0.562. The molecule has 0 heterocycles. The monoisotopic (exact) mass is 402 g/mol. The van der Waals surface area contributed by atoms with Gasteiger partial charge in [0.25, 0.3) is 0 Å². The zero-order valence-corrected chi connectivity index (χ0v) is 15.8. The second-order valence-corrected chi connectivity index (χ2v) is 7.86. The molecule has 2 aromatic rings. The number of amides is 1. The van der Waals surface area contributed by atoms with Crippen molar-refractivity contribution in [2.24, 2.45) is 0 Å². The average molecular weight is 403 g/mol. The molecule has 2 aromatic carbocycles. The summed E-state index contributed by atoms with van der Waals surface area (Å²) in [5, 5.41) is 3.22. The summed E-state index contributed by atoms with van der Waals surface area (Å²) in [6.07, 6.45) is 1.00. The van der Waals surface area contributed by atoms with E-state index in [0.29, 0.717) is 16.5 Å². The number of carbonyl (C=O) groups is 1. The van der Waals surface area contributed by atoms with Crippen molar-refractivity contribution in [1.29, 1.82) is 0 Å². The summed E-state index contributed by atoms with van der Waals surface area (Å²) in [4.78, 5) is 12.4. The highest BCUT2D eigenvalue weighted by molar-refractivity contribution is 7.92. The third kappa shape index (κ3) is 5.01. The lowest BCUT2D eigenvalue weighted by Gasteiger charge is -2.23. The van der Waals surface area contributed by atoms with Gasteiger partial charge < -0.3 is 10.1 Å². The number of sulfonamides is 1. The Hall–Kier alpha value is -1.96. The van der Waals surface area contributed by atoms with Crippen LogP contribution in [0.5, 0.6) is 5.75 Å². The number of anilines is 2. The number of nitrogens with one attached hydrogen (secondary N) is 1. The van der Waals surface area contributed by atoms with Crippen molar-refractivity contribution in [2.75, 3.05) is 29.5 Å². The minimum atomic E-state index is -3.72. The van der Waals surface area contributed by atoms with Crippen LogP contribution < -0.4 is 14.4 Å². The molecule has 0 fully saturated rings. The zero-order valence-electron chi connectivity index (χ0n) is 13.5. The molecular formula is C16H16Cl2N2O4S. The summed E-state index contributed by atoms with van der Waals surface area (Å²) in [6, 6.07) is 11.1. The molecular weight excluding hydrogens is 387 g/mol. The van der Waals surface area contributed by atoms with Gasteiger partial charge in [0.15, 0.2) is 0 Å². The minimum Gasteiger partial charge on any atom is -0.495 e. The van der Waals surface area contributed by atoms with Crippen molar-refractivity contribution < 1.29 is 17.9 Å². The van der Waals surface area contributed by atoms with E-state index in [1.54, 1.807) is 30.3 Å². The predicted octanol–water partition coefficient (Wildman–Crippen LogP) is 3.41. The standard InChI is InChI=1S/C16H16Cl2N2O4S/c1-24-15-8-7-11(17)9-13(15)19-16(21)10-20(25(2,22)23)14-6-4-3-5-12(14)18/h3-9H,10H2,1-2H3,(H,19,21). The quantitative estimate of drug-likeness (QED) is 0.802. The first-order chi connectivity index (χ1) is 11.7. The molecule has 0 atom stereocenters. The van der Waals surface area contributed by atoms with Crippen molar-refractivity contribution in [1.82, 2.24) is 0 Å². The van der Waals surface area contributed by atoms with E-state index >= 15 is 0 Å². The van der Waals surface area contributed by atoms with Crippen molar-refractivity contribution in [3.8, 4) is 5.75 Å². The van der Waals surface area contributed by atoms with Crippen molar-refractivity contribution in [2.45, 2.75) is 0 Å². The molecule has 0 bridgehead atoms. The van der Waals surface area contributed by atoms with Crippen LogP contribution in [0.4, 0.5) is 11.4 Å². The van der Waals surface area contributed by atoms with E-state index in [4.69, 9.17) is 27.9 Å². The first kappa shape index (κ1) is 19.4. The highest BCUT2D eigenvalue weighted by Gasteiger charge is 2.23. The molecule has 0 radical (unpaired) electrons. The Labute approximate surface area is 156 Å². The number of methoxy groups -OCH3 is 1. The molecule has 1 amide bonds. The van der Waals surface area contributed by atoms with Gasteiger partial charge in [-0.3, -0.25) is 9.10 Å². The van der Waals surface area contributed by atoms with Crippen LogP contribution in [-0.4, -0.2) is 34.2 Å². The third-order valence-corrected chi connectivity index (χ3v) is 4.93. The topological polar surface area (TPSA) is 75.7 Å². The molecule has 9 heteroatoms. The molecule has 0 saturated heterocycles. The summed E-state index contributed by atoms with van der Waals surface area (Å²) < 4.78 is 30.3. The van der Waals surface area contributed by atoms with Crippen molar-refractivity contribution in [3.05, 3.63) is 52.5 Å². The maximum atomic E-state index is 12.4. The van der Waals surface area contributed by atoms with Crippen LogP contribution in [-0.2, 0) is 14.8 Å². The second kappa shape index (κ2) is 7.95. The number of rotatable bonds is 6. The SMILES string of the molecule is COc1ccc(Cl)cc1NC(=O)CN(c1ccccc1Cl)S(C)(=O)=O. The fourth-order valence-electron chi connectivity index (χ4n) is 2.13. The molecule has 2 rings (SSSR count). The van der Waals surface area contributed by atoms with Gasteiger partial charge >= 0.3 is 0 Å². The Balaban J connectivity index is 2.27. The third-order valence-electron chi connectivity index (χ3n) is 3.24. The number of carbonyl (C=O) groups excluding carboxylic acids is 1. The van der Waals surface area contributed by atoms with E-state index in [9.17, 15) is 13.2 Å². The van der Waals surface area contributed by atoms with Crippen LogP contribution in [0.15, 0.2) is 42.5 Å². The van der Waals surface area contributed by atoms with Crippen LogP contribution in [0.2, 0.25) is 10.0 Å². The van der Waals surface area contributed by atoms with E-state index in [2.05, 4.69) is 5.32 Å². The summed E-state index contributed by atoms with van der Waals surface area (Å²) >= 11 is 12.0. The highest BCUT2D eigenvalue weighted by atomic mass is 35.5. The number of nitrogens with zero attached hydrogens (tertiary/aromatic N) is 1. The molecule has 25 heavy (non-hydrogen) atoms. The maximum absolute atomic E-state index is 12.4. The lowest BCUT2D eigenvalue weighted by molar-refractivity contribution is -0.114. The number of hydrogen-bond donors (Lipinski definition) is 1. The van der Waals surface area contributed by atoms with Gasteiger partial charge in [-0.1, -0.05) is 35.3 Å². The van der Waals surface area contributed by atoms with Gasteiger partial charge in [0.05, 0.1) is 29.8 Å². The summed E-state index contributed by atoms with van der Waals surface area (Å²) in [5.74, 6) is -0.160. The fraction of sp³-hybridized carbons (Fsp3) is 0.188. The zero-order chi connectivity index (χ0) is 18.6. The molecule has 1 N–H and O–H groups in total. The molecule has 0 aromatic heterocycles. The van der Waals surface area contributed by atoms with E-state index in [1.165, 1.54) is 19.2 Å². The number of hydrogen-bond acceptors (Lipinski definition) is 4. The number of para-hydroxylation sites is 1. The van der Waals surface area contributed by atoms with Gasteiger partial charge in [0.2, 0.25) is 15.9 Å². The Bertz CT molecular complexity index is 887. The number of ether oxygens (including phenoxy) is 1. The minimum absolute atomic E-state index is 0.222. The molecule has 134 valence electrons. The molecule has 0 saturated carbocycles. The fourth-order valence-corrected chi connectivity index (χ4v) is 3.46. The first-order valence-corrected chi connectivity index (χ1v) is 9.68. The van der Waals surface area contributed by atoms with Crippen LogP contribution in [0.25, 0.3) is 0 Å². The Morgan fingerprint density at radius 3 is 2.48 bits per heavy atom. The van der Waals surface area contributed by atoms with Crippen molar-refractivity contribution >= 4 is 50.5 Å². The lowest BCUT2D eigenvalue weighted by atomic mass is 10.3. The van der Waals surface area contributed by atoms with Gasteiger partial charge in [0.1, 0.15) is 12.3 Å². The first-order valence-electron chi connectivity index (χ1n) is 7.08. The smallest absolute Gasteiger partial charge is 0.245 e. The van der Waals surface area contributed by atoms with Crippen LogP contribution in [0.1, 0.15) is 0 Å². The van der Waals surface area contributed by atoms with Crippen LogP contribution in [0, 0.1) is 0 Å². The maximum Gasteiger partial charge on any atom is 0.245 e. The van der Waals surface area contributed by atoms with Crippen LogP contribution >= 0.6 is 23.2 Å². The molecule has 0 aliphatic rings.